The van der Waals surface area contributed by atoms with Crippen molar-refractivity contribution in [2.45, 2.75) is 19.4 Å². The van der Waals surface area contributed by atoms with Crippen molar-refractivity contribution in [3.8, 4) is 0 Å². The van der Waals surface area contributed by atoms with Gasteiger partial charge in [0.05, 0.1) is 12.5 Å². The Hall–Kier alpha value is -1.43. The molecule has 0 heterocycles. The predicted molar refractivity (Wildman–Crippen MR) is 38.6 cm³/mol. The zero-order valence-corrected chi connectivity index (χ0v) is 6.57. The molecule has 0 aromatic heterocycles. The van der Waals surface area contributed by atoms with E-state index in [0.29, 0.717) is 0 Å². The standard InChI is InChI=1S/C6H10N2O4/c1-3(9)12-5(10)2-4(7)6(8)11/h4H,2,7H2,1H3,(H2,8,11). The van der Waals surface area contributed by atoms with Crippen molar-refractivity contribution < 1.29 is 19.1 Å². The number of carbonyl (C=O) groups is 3. The molecule has 0 fully saturated rings. The fourth-order valence-corrected chi connectivity index (χ4v) is 0.482. The second-order valence-corrected chi connectivity index (χ2v) is 2.18. The summed E-state index contributed by atoms with van der Waals surface area (Å²) >= 11 is 0. The lowest BCUT2D eigenvalue weighted by atomic mass is 10.2. The van der Waals surface area contributed by atoms with Gasteiger partial charge in [0.1, 0.15) is 0 Å². The number of hydrogen-bond acceptors (Lipinski definition) is 5. The largest absolute Gasteiger partial charge is 0.393 e. The van der Waals surface area contributed by atoms with Crippen molar-refractivity contribution in [3.05, 3.63) is 0 Å². The van der Waals surface area contributed by atoms with Gasteiger partial charge in [0.25, 0.3) is 0 Å². The number of carbonyl (C=O) groups excluding carboxylic acids is 3. The van der Waals surface area contributed by atoms with Gasteiger partial charge in [-0.15, -0.1) is 0 Å². The Morgan fingerprint density at radius 3 is 2.25 bits per heavy atom. The highest BCUT2D eigenvalue weighted by Crippen LogP contribution is 1.91. The van der Waals surface area contributed by atoms with E-state index in [0.717, 1.165) is 6.92 Å². The Kier molecular flexibility index (Phi) is 3.92. The van der Waals surface area contributed by atoms with E-state index in [1.54, 1.807) is 0 Å². The number of hydrogen-bond donors (Lipinski definition) is 2. The first-order chi connectivity index (χ1) is 5.43. The van der Waals surface area contributed by atoms with E-state index in [9.17, 15) is 14.4 Å². The van der Waals surface area contributed by atoms with E-state index in [2.05, 4.69) is 4.74 Å². The van der Waals surface area contributed by atoms with Crippen molar-refractivity contribution in [1.82, 2.24) is 0 Å². The van der Waals surface area contributed by atoms with Crippen LogP contribution in [-0.4, -0.2) is 23.9 Å². The Morgan fingerprint density at radius 1 is 1.42 bits per heavy atom. The van der Waals surface area contributed by atoms with Gasteiger partial charge in [-0.25, -0.2) is 0 Å². The maximum atomic E-state index is 10.6. The SMILES string of the molecule is CC(=O)OC(=O)CC(N)C(N)=O. The van der Waals surface area contributed by atoms with Gasteiger partial charge in [-0.3, -0.25) is 14.4 Å². The first-order valence-electron chi connectivity index (χ1n) is 3.19. The minimum Gasteiger partial charge on any atom is -0.393 e. The first kappa shape index (κ1) is 10.6. The van der Waals surface area contributed by atoms with Crippen molar-refractivity contribution in [3.63, 3.8) is 0 Å². The third-order valence-corrected chi connectivity index (χ3v) is 1.01. The molecule has 1 amide bonds. The maximum absolute atomic E-state index is 10.6. The van der Waals surface area contributed by atoms with Crippen molar-refractivity contribution in [2.24, 2.45) is 11.5 Å². The highest BCUT2D eigenvalue weighted by molar-refractivity contribution is 5.89. The first-order valence-corrected chi connectivity index (χ1v) is 3.19. The molecule has 0 aromatic carbocycles. The lowest BCUT2D eigenvalue weighted by Crippen LogP contribution is -2.38. The predicted octanol–water partition coefficient (Wildman–Crippen LogP) is -1.72. The third-order valence-electron chi connectivity index (χ3n) is 1.01. The average molecular weight is 174 g/mol. The molecule has 0 rings (SSSR count). The highest BCUT2D eigenvalue weighted by atomic mass is 16.6. The summed E-state index contributed by atoms with van der Waals surface area (Å²) in [6, 6.07) is -1.10. The fourth-order valence-electron chi connectivity index (χ4n) is 0.482. The average Bonchev–Trinajstić information content (AvgIpc) is 1.84. The molecule has 0 radical (unpaired) electrons. The van der Waals surface area contributed by atoms with Crippen molar-refractivity contribution in [2.75, 3.05) is 0 Å². The van der Waals surface area contributed by atoms with Crippen molar-refractivity contribution >= 4 is 17.8 Å². The molecule has 6 nitrogen and oxygen atoms in total. The maximum Gasteiger partial charge on any atom is 0.315 e. The van der Waals surface area contributed by atoms with Gasteiger partial charge in [-0.1, -0.05) is 0 Å². The molecule has 12 heavy (non-hydrogen) atoms. The van der Waals surface area contributed by atoms with Gasteiger partial charge >= 0.3 is 11.9 Å². The van der Waals surface area contributed by atoms with Crippen molar-refractivity contribution in [1.29, 1.82) is 0 Å². The number of esters is 2. The second kappa shape index (κ2) is 4.45. The number of amides is 1. The topological polar surface area (TPSA) is 112 Å². The van der Waals surface area contributed by atoms with Crippen LogP contribution in [0.4, 0.5) is 0 Å². The Labute approximate surface area is 68.8 Å². The van der Waals surface area contributed by atoms with E-state index in [-0.39, 0.29) is 6.42 Å². The molecule has 1 atom stereocenters. The van der Waals surface area contributed by atoms with Gasteiger partial charge < -0.3 is 16.2 Å². The molecule has 4 N–H and O–H groups in total. The smallest absolute Gasteiger partial charge is 0.315 e. The van der Waals surface area contributed by atoms with Crippen LogP contribution in [0.3, 0.4) is 0 Å². The van der Waals surface area contributed by atoms with Gasteiger partial charge in [0.15, 0.2) is 0 Å². The molecule has 0 bridgehead atoms. The third kappa shape index (κ3) is 4.40. The van der Waals surface area contributed by atoms with Crippen LogP contribution < -0.4 is 11.5 Å². The molecule has 0 saturated carbocycles. The van der Waals surface area contributed by atoms with Gasteiger partial charge in [0, 0.05) is 6.92 Å². The van der Waals surface area contributed by atoms with E-state index in [1.165, 1.54) is 0 Å². The van der Waals surface area contributed by atoms with E-state index >= 15 is 0 Å². The zero-order valence-electron chi connectivity index (χ0n) is 6.57. The number of nitrogens with two attached hydrogens (primary N) is 2. The molecule has 0 aliphatic carbocycles. The molecule has 0 spiro atoms. The van der Waals surface area contributed by atoms with E-state index in [1.807, 2.05) is 0 Å². The van der Waals surface area contributed by atoms with Gasteiger partial charge in [0.2, 0.25) is 5.91 Å². The lowest BCUT2D eigenvalue weighted by Gasteiger charge is -2.04. The number of ether oxygens (including phenoxy) is 1. The molecule has 0 aliphatic rings. The molecule has 68 valence electrons. The molecular weight excluding hydrogens is 164 g/mol. The van der Waals surface area contributed by atoms with Crippen LogP contribution in [0.2, 0.25) is 0 Å². The fraction of sp³-hybridized carbons (Fsp3) is 0.500. The van der Waals surface area contributed by atoms with E-state index < -0.39 is 23.9 Å². The summed E-state index contributed by atoms with van der Waals surface area (Å²) in [5.41, 5.74) is 9.86. The van der Waals surface area contributed by atoms with Crippen LogP contribution in [0.5, 0.6) is 0 Å². The normalized spacial score (nSPS) is 11.8. The van der Waals surface area contributed by atoms with Crippen LogP contribution >= 0.6 is 0 Å². The van der Waals surface area contributed by atoms with Gasteiger partial charge in [-0.05, 0) is 0 Å². The molecular formula is C6H10N2O4. The van der Waals surface area contributed by atoms with E-state index in [4.69, 9.17) is 11.5 Å². The zero-order chi connectivity index (χ0) is 9.72. The number of primary amides is 1. The van der Waals surface area contributed by atoms with Crippen LogP contribution in [0.15, 0.2) is 0 Å². The molecule has 0 saturated heterocycles. The second-order valence-electron chi connectivity index (χ2n) is 2.18. The molecule has 6 heteroatoms. The summed E-state index contributed by atoms with van der Waals surface area (Å²) in [7, 11) is 0. The summed E-state index contributed by atoms with van der Waals surface area (Å²) in [6.45, 7) is 1.08. The quantitative estimate of drug-likeness (QED) is 0.390. The van der Waals surface area contributed by atoms with Crippen LogP contribution in [-0.2, 0) is 19.1 Å². The summed E-state index contributed by atoms with van der Waals surface area (Å²) in [6.07, 6.45) is -0.380. The van der Waals surface area contributed by atoms with Crippen LogP contribution in [0.1, 0.15) is 13.3 Å². The Bertz CT molecular complexity index is 214. The molecule has 0 aromatic rings. The monoisotopic (exact) mass is 174 g/mol. The minimum absolute atomic E-state index is 0.380. The highest BCUT2D eigenvalue weighted by Gasteiger charge is 2.16. The van der Waals surface area contributed by atoms with Crippen LogP contribution in [0, 0.1) is 0 Å². The molecule has 0 aliphatic heterocycles. The minimum atomic E-state index is -1.10. The van der Waals surface area contributed by atoms with Crippen LogP contribution in [0.25, 0.3) is 0 Å². The van der Waals surface area contributed by atoms with Gasteiger partial charge in [-0.2, -0.15) is 0 Å². The molecule has 1 unspecified atom stereocenters. The summed E-state index contributed by atoms with van der Waals surface area (Å²) in [5, 5.41) is 0. The Morgan fingerprint density at radius 2 is 1.92 bits per heavy atom. The summed E-state index contributed by atoms with van der Waals surface area (Å²) in [5.74, 6) is -2.40. The summed E-state index contributed by atoms with van der Waals surface area (Å²) < 4.78 is 4.11. The lowest BCUT2D eigenvalue weighted by molar-refractivity contribution is -0.158. The Balaban J connectivity index is 3.85. The summed E-state index contributed by atoms with van der Waals surface area (Å²) in [4.78, 5) is 31.2. The number of rotatable bonds is 3.